The summed E-state index contributed by atoms with van der Waals surface area (Å²) >= 11 is 5.17. The maximum Gasteiger partial charge on any atom is 0.0900 e. The van der Waals surface area contributed by atoms with Crippen LogP contribution in [-0.4, -0.2) is 9.78 Å². The van der Waals surface area contributed by atoms with Gasteiger partial charge in [0.1, 0.15) is 0 Å². The largest absolute Gasteiger partial charge is 0.271 e. The van der Waals surface area contributed by atoms with Crippen molar-refractivity contribution in [1.82, 2.24) is 15.2 Å². The van der Waals surface area contributed by atoms with E-state index in [-0.39, 0.29) is 6.04 Å². The fourth-order valence-corrected chi connectivity index (χ4v) is 3.18. The molecule has 2 aromatic heterocycles. The molecule has 4 nitrogen and oxygen atoms in total. The Hall–Kier alpha value is -0.690. The van der Waals surface area contributed by atoms with E-state index in [1.54, 1.807) is 17.5 Å². The molecule has 0 radical (unpaired) electrons. The van der Waals surface area contributed by atoms with Crippen LogP contribution in [0.2, 0.25) is 0 Å². The Labute approximate surface area is 107 Å². The van der Waals surface area contributed by atoms with Crippen LogP contribution in [0.3, 0.4) is 0 Å². The predicted molar refractivity (Wildman–Crippen MR) is 69.1 cm³/mol. The summed E-state index contributed by atoms with van der Waals surface area (Å²) in [5.41, 5.74) is 6.31. The second kappa shape index (κ2) is 4.67. The van der Waals surface area contributed by atoms with Gasteiger partial charge in [0.15, 0.2) is 0 Å². The summed E-state index contributed by atoms with van der Waals surface area (Å²) in [6.45, 7) is 2.08. The van der Waals surface area contributed by atoms with E-state index in [4.69, 9.17) is 5.84 Å². The fraction of sp³-hybridized carbons (Fsp3) is 0.300. The number of thiophene rings is 1. The minimum Gasteiger partial charge on any atom is -0.271 e. The van der Waals surface area contributed by atoms with Crippen LogP contribution in [0, 0.1) is 6.92 Å². The van der Waals surface area contributed by atoms with Crippen molar-refractivity contribution in [3.63, 3.8) is 0 Å². The Morgan fingerprint density at radius 3 is 2.75 bits per heavy atom. The minimum atomic E-state index is -0.0341. The lowest BCUT2D eigenvalue weighted by molar-refractivity contribution is 0.572. The van der Waals surface area contributed by atoms with Crippen molar-refractivity contribution < 1.29 is 0 Å². The lowest BCUT2D eigenvalue weighted by atomic mass is 10.0. The second-order valence-electron chi connectivity index (χ2n) is 3.61. The van der Waals surface area contributed by atoms with Gasteiger partial charge < -0.3 is 0 Å². The number of hydrogen-bond acceptors (Lipinski definition) is 4. The van der Waals surface area contributed by atoms with E-state index in [1.165, 1.54) is 11.1 Å². The molecule has 0 spiro atoms. The summed E-state index contributed by atoms with van der Waals surface area (Å²) in [4.78, 5) is 0. The first kappa shape index (κ1) is 11.8. The summed E-state index contributed by atoms with van der Waals surface area (Å²) in [6.07, 6.45) is 1.78. The standard InChI is InChI=1S/C10H13BrN4S/c1-6-4-16-5-7(6)9(14-12)10-8(11)3-13-15(10)2/h3-5,9,14H,12H2,1-2H3. The minimum absolute atomic E-state index is 0.0341. The van der Waals surface area contributed by atoms with Gasteiger partial charge in [-0.3, -0.25) is 10.5 Å². The van der Waals surface area contributed by atoms with Gasteiger partial charge in [-0.1, -0.05) is 0 Å². The van der Waals surface area contributed by atoms with Crippen LogP contribution >= 0.6 is 27.3 Å². The van der Waals surface area contributed by atoms with Crippen molar-refractivity contribution in [3.05, 3.63) is 38.3 Å². The molecular formula is C10H13BrN4S. The Kier molecular flexibility index (Phi) is 3.44. The average Bonchev–Trinajstić information content (AvgIpc) is 2.80. The number of nitrogens with one attached hydrogen (secondary N) is 1. The Bertz CT molecular complexity index is 471. The number of rotatable bonds is 3. The van der Waals surface area contributed by atoms with Crippen molar-refractivity contribution in [2.75, 3.05) is 0 Å². The van der Waals surface area contributed by atoms with Crippen LogP contribution in [-0.2, 0) is 7.05 Å². The first-order chi connectivity index (χ1) is 7.65. The highest BCUT2D eigenvalue weighted by atomic mass is 79.9. The molecule has 0 aliphatic heterocycles. The van der Waals surface area contributed by atoms with E-state index in [2.05, 4.69) is 44.1 Å². The van der Waals surface area contributed by atoms with Gasteiger partial charge in [0.05, 0.1) is 22.4 Å². The number of nitrogens with zero attached hydrogens (tertiary/aromatic N) is 2. The highest BCUT2D eigenvalue weighted by Crippen LogP contribution is 2.30. The molecule has 0 aliphatic rings. The van der Waals surface area contributed by atoms with E-state index in [0.29, 0.717) is 0 Å². The zero-order chi connectivity index (χ0) is 11.7. The SMILES string of the molecule is Cc1cscc1C(NN)c1c(Br)cnn1C. The molecule has 3 N–H and O–H groups in total. The second-order valence-corrected chi connectivity index (χ2v) is 5.21. The predicted octanol–water partition coefficient (Wildman–Crippen LogP) is 2.11. The number of hydrogen-bond donors (Lipinski definition) is 2. The third-order valence-corrected chi connectivity index (χ3v) is 4.07. The van der Waals surface area contributed by atoms with Crippen LogP contribution in [0.25, 0.3) is 0 Å². The topological polar surface area (TPSA) is 55.9 Å². The fourth-order valence-electron chi connectivity index (χ4n) is 1.73. The Morgan fingerprint density at radius 1 is 1.56 bits per heavy atom. The zero-order valence-corrected chi connectivity index (χ0v) is 11.5. The van der Waals surface area contributed by atoms with E-state index >= 15 is 0 Å². The summed E-state index contributed by atoms with van der Waals surface area (Å²) in [6, 6.07) is -0.0341. The van der Waals surface area contributed by atoms with Gasteiger partial charge in [0.2, 0.25) is 0 Å². The third kappa shape index (κ3) is 1.93. The monoisotopic (exact) mass is 300 g/mol. The van der Waals surface area contributed by atoms with Gasteiger partial charge in [0, 0.05) is 7.05 Å². The smallest absolute Gasteiger partial charge is 0.0900 e. The molecular weight excluding hydrogens is 288 g/mol. The van der Waals surface area contributed by atoms with Crippen LogP contribution < -0.4 is 11.3 Å². The third-order valence-electron chi connectivity index (χ3n) is 2.58. The first-order valence-electron chi connectivity index (χ1n) is 4.81. The number of hydrazine groups is 1. The van der Waals surface area contributed by atoms with E-state index < -0.39 is 0 Å². The number of aryl methyl sites for hydroxylation is 2. The molecule has 0 aromatic carbocycles. The van der Waals surface area contributed by atoms with Crippen LogP contribution in [0.5, 0.6) is 0 Å². The highest BCUT2D eigenvalue weighted by molar-refractivity contribution is 9.10. The molecule has 2 aromatic rings. The van der Waals surface area contributed by atoms with Crippen LogP contribution in [0.15, 0.2) is 21.4 Å². The maximum absolute atomic E-state index is 5.65. The molecule has 0 amide bonds. The molecule has 1 unspecified atom stereocenters. The van der Waals surface area contributed by atoms with Gasteiger partial charge >= 0.3 is 0 Å². The van der Waals surface area contributed by atoms with Gasteiger partial charge in [-0.15, -0.1) is 0 Å². The van der Waals surface area contributed by atoms with Gasteiger partial charge in [-0.2, -0.15) is 16.4 Å². The van der Waals surface area contributed by atoms with Crippen molar-refractivity contribution in [2.45, 2.75) is 13.0 Å². The van der Waals surface area contributed by atoms with Crippen molar-refractivity contribution in [3.8, 4) is 0 Å². The lowest BCUT2D eigenvalue weighted by Gasteiger charge is -2.17. The normalized spacial score (nSPS) is 13.0. The van der Waals surface area contributed by atoms with Gasteiger partial charge in [-0.25, -0.2) is 5.43 Å². The number of halogens is 1. The molecule has 2 heterocycles. The van der Waals surface area contributed by atoms with Crippen molar-refractivity contribution in [2.24, 2.45) is 12.9 Å². The molecule has 6 heteroatoms. The summed E-state index contributed by atoms with van der Waals surface area (Å²) in [7, 11) is 1.91. The van der Waals surface area contributed by atoms with Crippen LogP contribution in [0.4, 0.5) is 0 Å². The molecule has 0 fully saturated rings. The van der Waals surface area contributed by atoms with E-state index in [9.17, 15) is 0 Å². The molecule has 16 heavy (non-hydrogen) atoms. The molecule has 0 aliphatic carbocycles. The summed E-state index contributed by atoms with van der Waals surface area (Å²) < 4.78 is 2.79. The first-order valence-corrected chi connectivity index (χ1v) is 6.55. The summed E-state index contributed by atoms with van der Waals surface area (Å²) in [5.74, 6) is 5.65. The molecule has 86 valence electrons. The van der Waals surface area contributed by atoms with Gasteiger partial charge in [-0.05, 0) is 44.7 Å². The van der Waals surface area contributed by atoms with Crippen LogP contribution in [0.1, 0.15) is 22.9 Å². The summed E-state index contributed by atoms with van der Waals surface area (Å²) in [5, 5.41) is 8.43. The quantitative estimate of drug-likeness (QED) is 0.674. The number of aromatic nitrogens is 2. The van der Waals surface area contributed by atoms with Gasteiger partial charge in [0.25, 0.3) is 0 Å². The Balaban J connectivity index is 2.49. The lowest BCUT2D eigenvalue weighted by Crippen LogP contribution is -2.30. The molecule has 2 rings (SSSR count). The van der Waals surface area contributed by atoms with Crippen molar-refractivity contribution in [1.29, 1.82) is 0 Å². The average molecular weight is 301 g/mol. The highest BCUT2D eigenvalue weighted by Gasteiger charge is 2.21. The zero-order valence-electron chi connectivity index (χ0n) is 9.07. The molecule has 0 saturated heterocycles. The van der Waals surface area contributed by atoms with E-state index in [0.717, 1.165) is 10.2 Å². The maximum atomic E-state index is 5.65. The molecule has 1 atom stereocenters. The number of nitrogens with two attached hydrogens (primary N) is 1. The molecule has 0 bridgehead atoms. The van der Waals surface area contributed by atoms with E-state index in [1.807, 2.05) is 11.7 Å². The molecule has 0 saturated carbocycles. The van der Waals surface area contributed by atoms with Crippen molar-refractivity contribution >= 4 is 27.3 Å². The Morgan fingerprint density at radius 2 is 2.31 bits per heavy atom.